The number of hydrogen-bond donors (Lipinski definition) is 1. The molecule has 0 aliphatic carbocycles. The number of alkyl halides is 1. The number of nitrogens with zero attached hydrogens (tertiary/aromatic N) is 1. The molecule has 4 nitrogen and oxygen atoms in total. The predicted octanol–water partition coefficient (Wildman–Crippen LogP) is 3.17. The lowest BCUT2D eigenvalue weighted by atomic mass is 9.91. The molecular weight excluding hydrogens is 308 g/mol. The van der Waals surface area contributed by atoms with Crippen molar-refractivity contribution in [2.75, 3.05) is 12.4 Å². The third kappa shape index (κ3) is 3.93. The second-order valence-electron chi connectivity index (χ2n) is 5.75. The number of hydrogen-bond acceptors (Lipinski definition) is 3. The first-order valence-electron chi connectivity index (χ1n) is 6.75. The van der Waals surface area contributed by atoms with Gasteiger partial charge in [0, 0.05) is 24.0 Å². The van der Waals surface area contributed by atoms with E-state index < -0.39 is 10.0 Å². The van der Waals surface area contributed by atoms with Crippen LogP contribution in [-0.2, 0) is 10.0 Å². The number of nitrogens with one attached hydrogen (secondary N) is 1. The highest BCUT2D eigenvalue weighted by Crippen LogP contribution is 2.23. The van der Waals surface area contributed by atoms with Gasteiger partial charge in [-0.05, 0) is 36.1 Å². The molecule has 0 aliphatic rings. The maximum atomic E-state index is 12.5. The zero-order chi connectivity index (χ0) is 15.5. The van der Waals surface area contributed by atoms with Crippen molar-refractivity contribution in [2.45, 2.75) is 25.2 Å². The maximum absolute atomic E-state index is 12.5. The average molecular weight is 327 g/mol. The molecular formula is C15H19ClN2O2S. The molecule has 6 heteroatoms. The minimum Gasteiger partial charge on any atom is -0.256 e. The van der Waals surface area contributed by atoms with Crippen molar-refractivity contribution in [1.29, 1.82) is 0 Å². The summed E-state index contributed by atoms with van der Waals surface area (Å²) in [5.41, 5.74) is 0.484. The Labute approximate surface area is 130 Å². The average Bonchev–Trinajstić information content (AvgIpc) is 2.45. The highest BCUT2D eigenvalue weighted by atomic mass is 35.5. The largest absolute Gasteiger partial charge is 0.256 e. The van der Waals surface area contributed by atoms with Gasteiger partial charge in [-0.1, -0.05) is 19.9 Å². The van der Waals surface area contributed by atoms with Crippen molar-refractivity contribution in [1.82, 2.24) is 9.71 Å². The summed E-state index contributed by atoms with van der Waals surface area (Å²) in [4.78, 5) is 4.44. The van der Waals surface area contributed by atoms with E-state index in [1.165, 1.54) is 0 Å². The van der Waals surface area contributed by atoms with E-state index in [2.05, 4.69) is 9.71 Å². The number of pyridine rings is 1. The molecule has 0 bridgehead atoms. The standard InChI is InChI=1S/C15H19ClN2O2S/c1-15(2,8-9-16)11-18-21(19,20)14-7-3-6-13-12(14)5-4-10-17-13/h3-7,10,18H,8-9,11H2,1-2H3. The summed E-state index contributed by atoms with van der Waals surface area (Å²) in [5.74, 6) is 0.507. The van der Waals surface area contributed by atoms with E-state index in [-0.39, 0.29) is 10.3 Å². The fourth-order valence-corrected chi connectivity index (χ4v) is 3.99. The number of rotatable bonds is 6. The first kappa shape index (κ1) is 16.2. The number of fused-ring (bicyclic) bond motifs is 1. The van der Waals surface area contributed by atoms with Gasteiger partial charge in [0.05, 0.1) is 10.4 Å². The summed E-state index contributed by atoms with van der Waals surface area (Å²) in [7, 11) is -3.57. The summed E-state index contributed by atoms with van der Waals surface area (Å²) in [5, 5.41) is 0.627. The van der Waals surface area contributed by atoms with Gasteiger partial charge in [-0.3, -0.25) is 4.98 Å². The van der Waals surface area contributed by atoms with E-state index >= 15 is 0 Å². The summed E-state index contributed by atoms with van der Waals surface area (Å²) in [6.45, 7) is 4.32. The fraction of sp³-hybridized carbons (Fsp3) is 0.400. The first-order chi connectivity index (χ1) is 9.86. The van der Waals surface area contributed by atoms with Gasteiger partial charge < -0.3 is 0 Å². The van der Waals surface area contributed by atoms with Crippen LogP contribution < -0.4 is 4.72 Å². The van der Waals surface area contributed by atoms with Gasteiger partial charge in [-0.2, -0.15) is 0 Å². The molecule has 0 saturated heterocycles. The molecule has 114 valence electrons. The Hall–Kier alpha value is -1.17. The Morgan fingerprint density at radius 2 is 2.00 bits per heavy atom. The van der Waals surface area contributed by atoms with Crippen LogP contribution in [0.1, 0.15) is 20.3 Å². The van der Waals surface area contributed by atoms with Gasteiger partial charge in [0.2, 0.25) is 10.0 Å². The van der Waals surface area contributed by atoms with Crippen molar-refractivity contribution in [3.05, 3.63) is 36.5 Å². The Kier molecular flexibility index (Phi) is 4.86. The van der Waals surface area contributed by atoms with Crippen LogP contribution in [-0.4, -0.2) is 25.8 Å². The van der Waals surface area contributed by atoms with Gasteiger partial charge in [-0.15, -0.1) is 11.6 Å². The monoisotopic (exact) mass is 326 g/mol. The number of aromatic nitrogens is 1. The van der Waals surface area contributed by atoms with Crippen LogP contribution in [0.4, 0.5) is 0 Å². The Morgan fingerprint density at radius 3 is 2.71 bits per heavy atom. The molecule has 0 fully saturated rings. The number of sulfonamides is 1. The summed E-state index contributed by atoms with van der Waals surface area (Å²) < 4.78 is 27.7. The van der Waals surface area contributed by atoms with Gasteiger partial charge in [0.25, 0.3) is 0 Å². The molecule has 1 heterocycles. The molecule has 0 radical (unpaired) electrons. The van der Waals surface area contributed by atoms with E-state index in [1.54, 1.807) is 36.5 Å². The van der Waals surface area contributed by atoms with Crippen molar-refractivity contribution in [2.24, 2.45) is 5.41 Å². The SMILES string of the molecule is CC(C)(CCCl)CNS(=O)(=O)c1cccc2ncccc12. The minimum atomic E-state index is -3.57. The smallest absolute Gasteiger partial charge is 0.241 e. The maximum Gasteiger partial charge on any atom is 0.241 e. The van der Waals surface area contributed by atoms with Gasteiger partial charge in [0.15, 0.2) is 0 Å². The lowest BCUT2D eigenvalue weighted by Crippen LogP contribution is -2.34. The molecule has 2 rings (SSSR count). The normalized spacial score (nSPS) is 12.7. The zero-order valence-corrected chi connectivity index (χ0v) is 13.7. The summed E-state index contributed by atoms with van der Waals surface area (Å²) in [6.07, 6.45) is 2.39. The number of halogens is 1. The topological polar surface area (TPSA) is 59.1 Å². The molecule has 0 saturated carbocycles. The summed E-state index contributed by atoms with van der Waals surface area (Å²) >= 11 is 5.75. The van der Waals surface area contributed by atoms with E-state index in [9.17, 15) is 8.42 Å². The molecule has 1 aromatic carbocycles. The molecule has 1 N–H and O–H groups in total. The van der Waals surface area contributed by atoms with Gasteiger partial charge >= 0.3 is 0 Å². The fourth-order valence-electron chi connectivity index (χ4n) is 2.02. The first-order valence-corrected chi connectivity index (χ1v) is 8.77. The van der Waals surface area contributed by atoms with E-state index in [0.717, 1.165) is 6.42 Å². The lowest BCUT2D eigenvalue weighted by molar-refractivity contribution is 0.352. The molecule has 0 spiro atoms. The third-order valence-electron chi connectivity index (χ3n) is 3.41. The van der Waals surface area contributed by atoms with Crippen LogP contribution in [0.15, 0.2) is 41.4 Å². The Bertz CT molecular complexity index is 724. The van der Waals surface area contributed by atoms with Crippen LogP contribution in [0.2, 0.25) is 0 Å². The van der Waals surface area contributed by atoms with Crippen LogP contribution >= 0.6 is 11.6 Å². The van der Waals surface area contributed by atoms with Crippen molar-refractivity contribution >= 4 is 32.5 Å². The van der Waals surface area contributed by atoms with Crippen molar-refractivity contribution in [3.63, 3.8) is 0 Å². The van der Waals surface area contributed by atoms with Gasteiger partial charge in [-0.25, -0.2) is 13.1 Å². The molecule has 0 amide bonds. The van der Waals surface area contributed by atoms with E-state index in [4.69, 9.17) is 11.6 Å². The second-order valence-corrected chi connectivity index (χ2v) is 7.87. The lowest BCUT2D eigenvalue weighted by Gasteiger charge is -2.23. The Balaban J connectivity index is 2.30. The quantitative estimate of drug-likeness (QED) is 0.829. The minimum absolute atomic E-state index is 0.183. The Morgan fingerprint density at radius 1 is 1.24 bits per heavy atom. The van der Waals surface area contributed by atoms with Crippen molar-refractivity contribution in [3.8, 4) is 0 Å². The van der Waals surface area contributed by atoms with Gasteiger partial charge in [0.1, 0.15) is 0 Å². The predicted molar refractivity (Wildman–Crippen MR) is 86.0 cm³/mol. The molecule has 0 atom stereocenters. The molecule has 2 aromatic rings. The van der Waals surface area contributed by atoms with Crippen LogP contribution in [0.5, 0.6) is 0 Å². The second kappa shape index (κ2) is 6.30. The van der Waals surface area contributed by atoms with Crippen LogP contribution in [0.25, 0.3) is 10.9 Å². The van der Waals surface area contributed by atoms with E-state index in [0.29, 0.717) is 23.3 Å². The van der Waals surface area contributed by atoms with Crippen LogP contribution in [0.3, 0.4) is 0 Å². The zero-order valence-electron chi connectivity index (χ0n) is 12.1. The van der Waals surface area contributed by atoms with Crippen LogP contribution in [0, 0.1) is 5.41 Å². The number of benzene rings is 1. The molecule has 1 aromatic heterocycles. The highest BCUT2D eigenvalue weighted by Gasteiger charge is 2.23. The molecule has 21 heavy (non-hydrogen) atoms. The van der Waals surface area contributed by atoms with Crippen molar-refractivity contribution < 1.29 is 8.42 Å². The van der Waals surface area contributed by atoms with E-state index in [1.807, 2.05) is 13.8 Å². The summed E-state index contributed by atoms with van der Waals surface area (Å²) in [6, 6.07) is 8.60. The molecule has 0 unspecified atom stereocenters. The molecule has 0 aliphatic heterocycles. The highest BCUT2D eigenvalue weighted by molar-refractivity contribution is 7.89. The third-order valence-corrected chi connectivity index (χ3v) is 5.06.